The number of hydrogen-bond acceptors (Lipinski definition) is 22. The molecule has 26 nitrogen and oxygen atoms in total. The predicted octanol–water partition coefficient (Wildman–Crippen LogP) is 7.24. The lowest BCUT2D eigenvalue weighted by Gasteiger charge is -2.39. The number of benzene rings is 4. The van der Waals surface area contributed by atoms with Crippen molar-refractivity contribution < 1.29 is 97.3 Å². The van der Waals surface area contributed by atoms with Crippen molar-refractivity contribution in [2.45, 2.75) is 277 Å². The van der Waals surface area contributed by atoms with Crippen LogP contribution in [0.1, 0.15) is 229 Å². The van der Waals surface area contributed by atoms with Crippen LogP contribution < -0.4 is 31.1 Å². The molecule has 2 aliphatic heterocycles. The summed E-state index contributed by atoms with van der Waals surface area (Å²) >= 11 is 0. The number of rotatable bonds is 46. The molecule has 4 aromatic rings. The summed E-state index contributed by atoms with van der Waals surface area (Å²) in [5.74, 6) is -3.41. The fourth-order valence-corrected chi connectivity index (χ4v) is 19.5. The van der Waals surface area contributed by atoms with Crippen LogP contribution in [0, 0.1) is 10.8 Å². The molecular weight excluding hydrogens is 1450 g/mol. The minimum Gasteiger partial charge on any atom is -0.394 e. The molecule has 2 aliphatic rings. The Morgan fingerprint density at radius 3 is 1.08 bits per heavy atom. The first kappa shape index (κ1) is 94.4. The van der Waals surface area contributed by atoms with Gasteiger partial charge >= 0.3 is 0 Å². The molecule has 620 valence electrons. The minimum atomic E-state index is -3.71. The number of sulfone groups is 2. The van der Waals surface area contributed by atoms with Gasteiger partial charge < -0.3 is 92.3 Å². The largest absolute Gasteiger partial charge is 0.394 e. The van der Waals surface area contributed by atoms with E-state index in [-0.39, 0.29) is 46.2 Å². The Hall–Kier alpha value is -6.22. The molecule has 0 saturated heterocycles. The van der Waals surface area contributed by atoms with Crippen molar-refractivity contribution in [2.24, 2.45) is 10.8 Å². The third-order valence-corrected chi connectivity index (χ3v) is 26.0. The van der Waals surface area contributed by atoms with E-state index >= 15 is 0 Å². The van der Waals surface area contributed by atoms with Crippen LogP contribution in [0.2, 0.25) is 0 Å². The van der Waals surface area contributed by atoms with E-state index in [4.69, 9.17) is 10.2 Å². The van der Waals surface area contributed by atoms with Gasteiger partial charge in [-0.2, -0.15) is 0 Å². The fraction of sp³-hybridized carbons (Fsp3) is 0.659. The lowest BCUT2D eigenvalue weighted by atomic mass is 9.69. The average molecular weight is 1580 g/mol. The number of fused-ring (bicyclic) bond motifs is 2. The van der Waals surface area contributed by atoms with Crippen LogP contribution >= 0.6 is 0 Å². The Bertz CT molecular complexity index is 3480. The van der Waals surface area contributed by atoms with Crippen molar-refractivity contribution >= 4 is 66.1 Å². The maximum atomic E-state index is 14.0. The Morgan fingerprint density at radius 2 is 0.773 bits per heavy atom. The van der Waals surface area contributed by atoms with E-state index < -0.39 is 128 Å². The molecule has 0 unspecified atom stereocenters. The van der Waals surface area contributed by atoms with Gasteiger partial charge in [0.2, 0.25) is 11.8 Å². The van der Waals surface area contributed by atoms with E-state index in [1.54, 1.807) is 24.3 Å². The number of unbranched alkanes of at least 4 members (excludes halogenated alkanes) is 16. The fourth-order valence-electron chi connectivity index (χ4n) is 15.0. The monoisotopic (exact) mass is 1580 g/mol. The molecule has 4 amide bonds. The highest BCUT2D eigenvalue weighted by atomic mass is 32.2. The van der Waals surface area contributed by atoms with Crippen LogP contribution in [0.3, 0.4) is 0 Å². The summed E-state index contributed by atoms with van der Waals surface area (Å²) in [5, 5.41) is 131. The maximum absolute atomic E-state index is 14.0. The van der Waals surface area contributed by atoms with E-state index in [0.29, 0.717) is 73.9 Å². The highest BCUT2D eigenvalue weighted by Gasteiger charge is 2.51. The molecule has 0 bridgehead atoms. The van der Waals surface area contributed by atoms with Crippen molar-refractivity contribution in [1.29, 1.82) is 0 Å². The van der Waals surface area contributed by atoms with Crippen molar-refractivity contribution in [3.8, 4) is 0 Å². The Kier molecular flexibility index (Phi) is 39.7. The number of nitrogens with one attached hydrogen (secondary N) is 4. The number of aliphatic hydroxyl groups excluding tert-OH is 12. The molecule has 110 heavy (non-hydrogen) atoms. The Morgan fingerprint density at radius 1 is 0.445 bits per heavy atom. The van der Waals surface area contributed by atoms with E-state index in [2.05, 4.69) is 35.1 Å². The third-order valence-electron chi connectivity index (χ3n) is 22.0. The van der Waals surface area contributed by atoms with Gasteiger partial charge in [-0.25, -0.2) is 16.8 Å². The Labute approximate surface area is 652 Å². The van der Waals surface area contributed by atoms with Crippen molar-refractivity contribution in [3.05, 3.63) is 107 Å². The zero-order valence-corrected chi connectivity index (χ0v) is 67.6. The second-order valence-electron chi connectivity index (χ2n) is 30.7. The first-order chi connectivity index (χ1) is 52.2. The van der Waals surface area contributed by atoms with Crippen LogP contribution in [-0.4, -0.2) is 229 Å². The normalized spacial score (nSPS) is 21.4. The summed E-state index contributed by atoms with van der Waals surface area (Å²) in [6.45, 7) is 6.98. The van der Waals surface area contributed by atoms with Crippen molar-refractivity contribution in [2.75, 3.05) is 86.4 Å². The summed E-state index contributed by atoms with van der Waals surface area (Å²) in [7, 11) is 0.181. The molecule has 0 aliphatic carbocycles. The number of nitrogens with zero attached hydrogens (tertiary/aromatic N) is 2. The summed E-state index contributed by atoms with van der Waals surface area (Å²) in [4.78, 5) is 54.3. The number of carbonyl (C=O) groups excluding carboxylic acids is 4. The number of carbonyl (C=O) groups is 4. The molecule has 2 heterocycles. The molecular formula is C82H130N6O20S2. The molecule has 0 radical (unpaired) electrons. The molecule has 0 fully saturated rings. The van der Waals surface area contributed by atoms with Gasteiger partial charge in [-0.3, -0.25) is 19.2 Å². The second-order valence-corrected chi connectivity index (χ2v) is 34.6. The molecule has 16 N–H and O–H groups in total. The number of amides is 4. The van der Waals surface area contributed by atoms with Crippen LogP contribution in [0.5, 0.6) is 0 Å². The van der Waals surface area contributed by atoms with E-state index in [9.17, 15) is 87.1 Å². The highest BCUT2D eigenvalue weighted by molar-refractivity contribution is 7.91. The number of anilines is 4. The van der Waals surface area contributed by atoms with Gasteiger partial charge in [0.25, 0.3) is 11.8 Å². The first-order valence-electron chi connectivity index (χ1n) is 39.7. The summed E-state index contributed by atoms with van der Waals surface area (Å²) in [6.07, 6.45) is 3.69. The molecule has 14 atom stereocenters. The van der Waals surface area contributed by atoms with Crippen molar-refractivity contribution in [3.63, 3.8) is 0 Å². The Balaban J connectivity index is 0.000000394. The summed E-state index contributed by atoms with van der Waals surface area (Å²) in [6, 6.07) is 25.6. The topological polar surface area (TPSA) is 434 Å². The van der Waals surface area contributed by atoms with Crippen LogP contribution in [0.25, 0.3) is 0 Å². The van der Waals surface area contributed by atoms with Gasteiger partial charge in [0, 0.05) is 99.5 Å². The molecule has 0 spiro atoms. The molecule has 0 saturated carbocycles. The average Bonchev–Trinajstić information content (AvgIpc) is 1.59. The second kappa shape index (κ2) is 46.2. The minimum absolute atomic E-state index is 0.110. The first-order valence-corrected chi connectivity index (χ1v) is 43.0. The zero-order valence-electron chi connectivity index (χ0n) is 66.0. The van der Waals surface area contributed by atoms with E-state index in [1.165, 1.54) is 0 Å². The number of aliphatic hydroxyl groups is 12. The standard InChI is InChI=1S/2C41H65N3O10S/c2*1-5-7-22-41(6-2)27-55(53,54)33-21-20-30(44(3)4)25-31(33)35(39(41)51)28-17-16-18-29(24-28)43-34(47)19-14-12-10-8-9-11-13-15-23-42-40(52)38(50)37(49)36(48)32(46)26-45/h2*16-18,20-21,24-25,32,35-39,45-46,48-51H,5-15,19,22-23,26-27H2,1-4H3,(H,42,52)(H,43,47)/t2*32-,35+,36+,37-,38+,39+,41+/m11/s1. The molecule has 4 aromatic carbocycles. The predicted molar refractivity (Wildman–Crippen MR) is 427 cm³/mol. The summed E-state index contributed by atoms with van der Waals surface area (Å²) < 4.78 is 55.8. The lowest BCUT2D eigenvalue weighted by molar-refractivity contribution is -0.149. The van der Waals surface area contributed by atoms with E-state index in [0.717, 1.165) is 138 Å². The molecule has 6 rings (SSSR count). The SMILES string of the molecule is CCCC[C@@]1(CC)CS(=O)(=O)c2ccc(N(C)C)cc2[C@H](c2cccc(NC(=O)CCCCCCCCCCNC(=O)[C@@H](O)[C@H](O)[C@@H](O)[C@H](O)CO)c2)[C@@H]1O.CCCC[C@@]1(CC)CS(=O)(=O)c2ccc(N(C)C)cc2[C@H](c2cccc(NC(=O)CCCCCCCCCCNC(=O)[C@@H](O)[C@H](O)[C@@H](O)[C@H](O)CO)c2)[C@@H]1O. The van der Waals surface area contributed by atoms with Crippen LogP contribution in [-0.2, 0) is 38.9 Å². The van der Waals surface area contributed by atoms with Gasteiger partial charge in [-0.05, 0) is 134 Å². The van der Waals surface area contributed by atoms with Gasteiger partial charge in [0.1, 0.15) is 36.6 Å². The molecule has 28 heteroatoms. The van der Waals surface area contributed by atoms with Crippen molar-refractivity contribution in [1.82, 2.24) is 10.6 Å². The third kappa shape index (κ3) is 27.0. The van der Waals surface area contributed by atoms with Crippen LogP contribution in [0.4, 0.5) is 22.7 Å². The zero-order chi connectivity index (χ0) is 81.5. The van der Waals surface area contributed by atoms with E-state index in [1.807, 2.05) is 113 Å². The van der Waals surface area contributed by atoms with Crippen LogP contribution in [0.15, 0.2) is 94.7 Å². The van der Waals surface area contributed by atoms with Gasteiger partial charge in [0.15, 0.2) is 31.9 Å². The lowest BCUT2D eigenvalue weighted by Crippen LogP contribution is -2.51. The van der Waals surface area contributed by atoms with Gasteiger partial charge in [0.05, 0.1) is 46.7 Å². The van der Waals surface area contributed by atoms with Gasteiger partial charge in [-0.1, -0.05) is 155 Å². The highest BCUT2D eigenvalue weighted by Crippen LogP contribution is 2.52. The molecule has 0 aromatic heterocycles. The smallest absolute Gasteiger partial charge is 0.251 e. The quantitative estimate of drug-likeness (QED) is 0.0194. The summed E-state index contributed by atoms with van der Waals surface area (Å²) in [5.41, 5.74) is 3.87. The number of hydrogen-bond donors (Lipinski definition) is 16. The van der Waals surface area contributed by atoms with Gasteiger partial charge in [-0.15, -0.1) is 0 Å². The maximum Gasteiger partial charge on any atom is 0.251 e.